The van der Waals surface area contributed by atoms with Crippen molar-refractivity contribution in [2.75, 3.05) is 4.90 Å². The molecular weight excluding hydrogens is 497 g/mol. The Morgan fingerprint density at radius 1 is 0.833 bits per heavy atom. The van der Waals surface area contributed by atoms with Gasteiger partial charge in [0.1, 0.15) is 12.7 Å². The fourth-order valence-corrected chi connectivity index (χ4v) is 4.49. The second-order valence-electron chi connectivity index (χ2n) is 8.14. The van der Waals surface area contributed by atoms with Crippen LogP contribution in [0.1, 0.15) is 23.0 Å². The van der Waals surface area contributed by atoms with E-state index in [2.05, 4.69) is 15.2 Å². The molecule has 0 saturated carbocycles. The van der Waals surface area contributed by atoms with Crippen molar-refractivity contribution in [2.24, 2.45) is 5.16 Å². The van der Waals surface area contributed by atoms with E-state index in [0.29, 0.717) is 21.7 Å². The van der Waals surface area contributed by atoms with Gasteiger partial charge in [0.15, 0.2) is 11.7 Å². The average Bonchev–Trinajstić information content (AvgIpc) is 3.64. The Balaban J connectivity index is 1.54. The van der Waals surface area contributed by atoms with Crippen molar-refractivity contribution in [3.05, 3.63) is 118 Å². The Morgan fingerprint density at radius 3 is 2.19 bits per heavy atom. The smallest absolute Gasteiger partial charge is 0.237 e. The first-order valence-electron chi connectivity index (χ1n) is 11.1. The molecule has 8 nitrogen and oxygen atoms in total. The highest BCUT2D eigenvalue weighted by Crippen LogP contribution is 2.40. The number of aromatic nitrogens is 5. The zero-order valence-electron chi connectivity index (χ0n) is 19.0. The first-order valence-corrected chi connectivity index (χ1v) is 11.9. The van der Waals surface area contributed by atoms with Crippen LogP contribution < -0.4 is 4.90 Å². The van der Waals surface area contributed by atoms with E-state index < -0.39 is 6.23 Å². The van der Waals surface area contributed by atoms with E-state index in [1.165, 1.54) is 6.33 Å². The summed E-state index contributed by atoms with van der Waals surface area (Å²) in [6.07, 6.45) is 2.50. The van der Waals surface area contributed by atoms with Crippen molar-refractivity contribution in [3.63, 3.8) is 0 Å². The van der Waals surface area contributed by atoms with Crippen LogP contribution in [0.25, 0.3) is 11.5 Å². The summed E-state index contributed by atoms with van der Waals surface area (Å²) in [4.78, 5) is 12.3. The van der Waals surface area contributed by atoms with Gasteiger partial charge in [-0.1, -0.05) is 46.6 Å². The third-order valence-electron chi connectivity index (χ3n) is 5.87. The van der Waals surface area contributed by atoms with Gasteiger partial charge in [-0.05, 0) is 67.6 Å². The molecule has 178 valence electrons. The molecule has 1 atom stereocenters. The maximum Gasteiger partial charge on any atom is 0.237 e. The maximum absolute atomic E-state index is 6.21. The van der Waals surface area contributed by atoms with Crippen LogP contribution in [-0.4, -0.2) is 30.4 Å². The molecular formula is C26H19Cl2N7O. The molecule has 10 heteroatoms. The van der Waals surface area contributed by atoms with Gasteiger partial charge in [0.2, 0.25) is 6.23 Å². The molecule has 3 heterocycles. The highest BCUT2D eigenvalue weighted by molar-refractivity contribution is 6.31. The largest absolute Gasteiger partial charge is 0.363 e. The minimum atomic E-state index is -0.631. The molecule has 0 saturated heterocycles. The summed E-state index contributed by atoms with van der Waals surface area (Å²) in [5.74, 6) is 1.34. The summed E-state index contributed by atoms with van der Waals surface area (Å²) < 4.78 is 3.52. The predicted molar refractivity (Wildman–Crippen MR) is 139 cm³/mol. The minimum Gasteiger partial charge on any atom is -0.363 e. The van der Waals surface area contributed by atoms with Crippen LogP contribution in [0.4, 0.5) is 5.69 Å². The first kappa shape index (κ1) is 22.3. The Bertz CT molecular complexity index is 1530. The number of oxime groups is 1. The normalized spacial score (nSPS) is 15.1. The molecule has 3 aromatic carbocycles. The number of rotatable bonds is 5. The average molecular weight is 516 g/mol. The Labute approximate surface area is 217 Å². The number of para-hydroxylation sites is 1. The SMILES string of the molecule is Cc1nn(-c2ccccc2)c(-n2cncn2)c1C1ON=C(c2ccc(Cl)cc2)N1c1ccc(Cl)cc1. The van der Waals surface area contributed by atoms with Gasteiger partial charge >= 0.3 is 0 Å². The lowest BCUT2D eigenvalue weighted by atomic mass is 10.1. The number of nitrogens with zero attached hydrogens (tertiary/aromatic N) is 7. The molecule has 0 radical (unpaired) electrons. The zero-order chi connectivity index (χ0) is 24.6. The summed E-state index contributed by atoms with van der Waals surface area (Å²) in [7, 11) is 0. The molecule has 5 aromatic rings. The van der Waals surface area contributed by atoms with Crippen molar-refractivity contribution in [2.45, 2.75) is 13.2 Å². The second kappa shape index (κ2) is 9.14. The van der Waals surface area contributed by atoms with Gasteiger partial charge in [-0.25, -0.2) is 14.3 Å². The Hall–Kier alpha value is -4.14. The predicted octanol–water partition coefficient (Wildman–Crippen LogP) is 5.97. The summed E-state index contributed by atoms with van der Waals surface area (Å²) in [5, 5.41) is 15.1. The lowest BCUT2D eigenvalue weighted by Crippen LogP contribution is -2.32. The van der Waals surface area contributed by atoms with Gasteiger partial charge in [0.25, 0.3) is 0 Å². The van der Waals surface area contributed by atoms with Crippen LogP contribution in [0.2, 0.25) is 10.0 Å². The van der Waals surface area contributed by atoms with Crippen LogP contribution in [0.3, 0.4) is 0 Å². The number of anilines is 1. The standard InChI is InChI=1S/C26H19Cl2N7O/c1-17-23(25(33-16-29-15-30-33)35(31-17)22-5-3-2-4-6-22)26-34(21-13-11-20(28)12-14-21)24(32-36-26)18-7-9-19(27)10-8-18/h2-16,26H,1H3. The lowest BCUT2D eigenvalue weighted by Gasteiger charge is -2.26. The maximum atomic E-state index is 6.21. The summed E-state index contributed by atoms with van der Waals surface area (Å²) in [6, 6.07) is 24.9. The van der Waals surface area contributed by atoms with Crippen molar-refractivity contribution in [1.82, 2.24) is 24.5 Å². The molecule has 36 heavy (non-hydrogen) atoms. The third-order valence-corrected chi connectivity index (χ3v) is 6.38. The zero-order valence-corrected chi connectivity index (χ0v) is 20.5. The van der Waals surface area contributed by atoms with Gasteiger partial charge < -0.3 is 4.84 Å². The van der Waals surface area contributed by atoms with Gasteiger partial charge in [-0.2, -0.15) is 10.2 Å². The van der Waals surface area contributed by atoms with E-state index in [-0.39, 0.29) is 0 Å². The van der Waals surface area contributed by atoms with E-state index in [1.54, 1.807) is 11.0 Å². The van der Waals surface area contributed by atoms with Crippen LogP contribution in [0.5, 0.6) is 0 Å². The first-order chi connectivity index (χ1) is 17.6. The second-order valence-corrected chi connectivity index (χ2v) is 9.01. The number of halogens is 2. The van der Waals surface area contributed by atoms with Crippen LogP contribution in [-0.2, 0) is 4.84 Å². The van der Waals surface area contributed by atoms with Crippen molar-refractivity contribution in [1.29, 1.82) is 0 Å². The fraction of sp³-hybridized carbons (Fsp3) is 0.0769. The van der Waals surface area contributed by atoms with Crippen LogP contribution in [0.15, 0.2) is 96.7 Å². The van der Waals surface area contributed by atoms with Crippen LogP contribution >= 0.6 is 23.2 Å². The number of aryl methyl sites for hydroxylation is 1. The summed E-state index contributed by atoms with van der Waals surface area (Å²) in [6.45, 7) is 1.94. The van der Waals surface area contributed by atoms with Crippen molar-refractivity contribution >= 4 is 34.7 Å². The van der Waals surface area contributed by atoms with E-state index in [1.807, 2.05) is 95.4 Å². The highest BCUT2D eigenvalue weighted by atomic mass is 35.5. The van der Waals surface area contributed by atoms with Gasteiger partial charge in [-0.3, -0.25) is 4.90 Å². The van der Waals surface area contributed by atoms with E-state index in [9.17, 15) is 0 Å². The molecule has 0 spiro atoms. The third kappa shape index (κ3) is 3.90. The molecule has 1 unspecified atom stereocenters. The van der Waals surface area contributed by atoms with Crippen molar-refractivity contribution in [3.8, 4) is 11.5 Å². The van der Waals surface area contributed by atoms with Crippen molar-refractivity contribution < 1.29 is 4.84 Å². The number of benzene rings is 3. The molecule has 0 fully saturated rings. The Kier molecular flexibility index (Phi) is 5.67. The van der Waals surface area contributed by atoms with Gasteiger partial charge in [-0.15, -0.1) is 0 Å². The summed E-state index contributed by atoms with van der Waals surface area (Å²) >= 11 is 12.4. The monoisotopic (exact) mass is 515 g/mol. The Morgan fingerprint density at radius 2 is 1.53 bits per heavy atom. The van der Waals surface area contributed by atoms with E-state index in [4.69, 9.17) is 33.1 Å². The molecule has 0 bridgehead atoms. The molecule has 0 aliphatic carbocycles. The molecule has 0 N–H and O–H groups in total. The summed E-state index contributed by atoms with van der Waals surface area (Å²) in [5.41, 5.74) is 4.15. The number of hydrogen-bond donors (Lipinski definition) is 0. The topological polar surface area (TPSA) is 73.4 Å². The lowest BCUT2D eigenvalue weighted by molar-refractivity contribution is 0.0862. The number of amidine groups is 1. The van der Waals surface area contributed by atoms with E-state index >= 15 is 0 Å². The van der Waals surface area contributed by atoms with Gasteiger partial charge in [0.05, 0.1) is 16.9 Å². The van der Waals surface area contributed by atoms with Gasteiger partial charge in [0, 0.05) is 21.3 Å². The van der Waals surface area contributed by atoms with Crippen LogP contribution in [0, 0.1) is 6.92 Å². The molecule has 1 aliphatic heterocycles. The number of hydrogen-bond acceptors (Lipinski definition) is 6. The quantitative estimate of drug-likeness (QED) is 0.288. The molecule has 2 aromatic heterocycles. The molecule has 6 rings (SSSR count). The molecule has 0 amide bonds. The highest BCUT2D eigenvalue weighted by Gasteiger charge is 2.39. The molecule has 1 aliphatic rings. The van der Waals surface area contributed by atoms with E-state index in [0.717, 1.165) is 28.2 Å². The minimum absolute atomic E-state index is 0.631. The fourth-order valence-electron chi connectivity index (χ4n) is 4.24.